The second kappa shape index (κ2) is 9.30. The zero-order valence-corrected chi connectivity index (χ0v) is 18.5. The van der Waals surface area contributed by atoms with Crippen LogP contribution in [0.25, 0.3) is 45.3 Å². The van der Waals surface area contributed by atoms with Gasteiger partial charge in [0.05, 0.1) is 5.56 Å². The lowest BCUT2D eigenvalue weighted by Gasteiger charge is -2.12. The summed E-state index contributed by atoms with van der Waals surface area (Å²) in [5.41, 5.74) is 0.147. The number of nitrogens with zero attached hydrogens (tertiary/aromatic N) is 3. The van der Waals surface area contributed by atoms with Gasteiger partial charge in [0.1, 0.15) is 11.6 Å². The molecule has 0 aliphatic carbocycles. The van der Waals surface area contributed by atoms with Crippen LogP contribution in [0.3, 0.4) is 0 Å². The summed E-state index contributed by atoms with van der Waals surface area (Å²) in [6.45, 7) is 0. The monoisotopic (exact) mass is 489 g/mol. The van der Waals surface area contributed by atoms with E-state index in [1.807, 2.05) is 60.7 Å². The first-order chi connectivity index (χ1) is 17.3. The van der Waals surface area contributed by atoms with Crippen molar-refractivity contribution in [1.82, 2.24) is 15.0 Å². The van der Waals surface area contributed by atoms with Crippen LogP contribution in [-0.2, 0) is 6.18 Å². The Labute approximate surface area is 203 Å². The maximum Gasteiger partial charge on any atom is 0.416 e. The minimum Gasteiger partial charge on any atom is -0.208 e. The highest BCUT2D eigenvalue weighted by Crippen LogP contribution is 2.35. The van der Waals surface area contributed by atoms with Gasteiger partial charge in [-0.1, -0.05) is 66.7 Å². The number of halogens is 5. The van der Waals surface area contributed by atoms with Crippen molar-refractivity contribution in [2.24, 2.45) is 0 Å². The third-order valence-electron chi connectivity index (χ3n) is 5.51. The minimum absolute atomic E-state index is 0.205. The van der Waals surface area contributed by atoms with Crippen molar-refractivity contribution in [3.05, 3.63) is 114 Å². The highest BCUT2D eigenvalue weighted by Gasteiger charge is 2.31. The maximum atomic E-state index is 14.7. The summed E-state index contributed by atoms with van der Waals surface area (Å²) in [7, 11) is 0. The van der Waals surface area contributed by atoms with Crippen molar-refractivity contribution in [3.63, 3.8) is 0 Å². The van der Waals surface area contributed by atoms with E-state index in [9.17, 15) is 22.0 Å². The fourth-order valence-electron chi connectivity index (χ4n) is 3.72. The van der Waals surface area contributed by atoms with Crippen molar-refractivity contribution in [1.29, 1.82) is 0 Å². The van der Waals surface area contributed by atoms with E-state index in [-0.39, 0.29) is 17.0 Å². The first-order valence-corrected chi connectivity index (χ1v) is 10.8. The molecule has 36 heavy (non-hydrogen) atoms. The molecule has 0 spiro atoms. The molecule has 0 aliphatic heterocycles. The molecule has 0 bridgehead atoms. The molecule has 0 atom stereocenters. The van der Waals surface area contributed by atoms with Crippen molar-refractivity contribution in [3.8, 4) is 45.3 Å². The molecule has 4 aromatic carbocycles. The van der Waals surface area contributed by atoms with Gasteiger partial charge in [-0.15, -0.1) is 0 Å². The molecule has 1 heterocycles. The summed E-state index contributed by atoms with van der Waals surface area (Å²) in [5, 5.41) is 0. The van der Waals surface area contributed by atoms with Crippen LogP contribution >= 0.6 is 0 Å². The molecular formula is C28H16F5N3. The number of hydrogen-bond acceptors (Lipinski definition) is 3. The van der Waals surface area contributed by atoms with Gasteiger partial charge in [0, 0.05) is 27.8 Å². The molecule has 0 amide bonds. The second-order valence-corrected chi connectivity index (χ2v) is 7.93. The lowest BCUT2D eigenvalue weighted by atomic mass is 10.00. The zero-order valence-electron chi connectivity index (χ0n) is 18.5. The van der Waals surface area contributed by atoms with Crippen molar-refractivity contribution >= 4 is 0 Å². The van der Waals surface area contributed by atoms with Gasteiger partial charge >= 0.3 is 6.18 Å². The average Bonchev–Trinajstić information content (AvgIpc) is 2.89. The number of aromatic nitrogens is 3. The largest absolute Gasteiger partial charge is 0.416 e. The summed E-state index contributed by atoms with van der Waals surface area (Å²) in [4.78, 5) is 13.7. The molecule has 0 unspecified atom stereocenters. The standard InChI is InChI=1S/C28H16F5N3/c29-23-14-11-19(15-22(23)21-13-12-20(16-24(21)30)28(31,32)33)27-35-25(17-7-3-1-4-8-17)34-26(36-27)18-9-5-2-6-10-18/h1-16H. The van der Waals surface area contributed by atoms with E-state index in [0.29, 0.717) is 29.3 Å². The van der Waals surface area contributed by atoms with E-state index in [0.717, 1.165) is 23.3 Å². The van der Waals surface area contributed by atoms with E-state index in [1.165, 1.54) is 12.1 Å². The molecule has 8 heteroatoms. The van der Waals surface area contributed by atoms with Crippen molar-refractivity contribution in [2.75, 3.05) is 0 Å². The van der Waals surface area contributed by atoms with Gasteiger partial charge in [0.2, 0.25) is 0 Å². The van der Waals surface area contributed by atoms with Crippen LogP contribution in [0, 0.1) is 11.6 Å². The second-order valence-electron chi connectivity index (χ2n) is 7.93. The topological polar surface area (TPSA) is 38.7 Å². The summed E-state index contributed by atoms with van der Waals surface area (Å²) in [6, 6.07) is 24.2. The summed E-state index contributed by atoms with van der Waals surface area (Å²) >= 11 is 0. The highest BCUT2D eigenvalue weighted by atomic mass is 19.4. The van der Waals surface area contributed by atoms with Gasteiger partial charge in [-0.05, 0) is 30.3 Å². The third kappa shape index (κ3) is 4.70. The molecule has 5 aromatic rings. The van der Waals surface area contributed by atoms with Crippen molar-refractivity contribution < 1.29 is 22.0 Å². The fraction of sp³-hybridized carbons (Fsp3) is 0.0357. The highest BCUT2D eigenvalue weighted by molar-refractivity contribution is 5.73. The van der Waals surface area contributed by atoms with E-state index < -0.39 is 23.4 Å². The predicted octanol–water partition coefficient (Wildman–Crippen LogP) is 7.84. The molecule has 0 fully saturated rings. The van der Waals surface area contributed by atoms with Gasteiger partial charge in [0.25, 0.3) is 0 Å². The number of hydrogen-bond donors (Lipinski definition) is 0. The quantitative estimate of drug-likeness (QED) is 0.242. The van der Waals surface area contributed by atoms with Gasteiger partial charge in [-0.2, -0.15) is 13.2 Å². The van der Waals surface area contributed by atoms with Crippen LogP contribution in [0.15, 0.2) is 97.1 Å². The maximum absolute atomic E-state index is 14.7. The van der Waals surface area contributed by atoms with Gasteiger partial charge in [0.15, 0.2) is 17.5 Å². The zero-order chi connectivity index (χ0) is 25.3. The normalized spacial score (nSPS) is 11.5. The average molecular weight is 489 g/mol. The molecule has 0 aliphatic rings. The van der Waals surface area contributed by atoms with Crippen LogP contribution < -0.4 is 0 Å². The Morgan fingerprint density at radius 3 is 1.50 bits per heavy atom. The van der Waals surface area contributed by atoms with Crippen LogP contribution in [0.4, 0.5) is 22.0 Å². The van der Waals surface area contributed by atoms with E-state index in [1.54, 1.807) is 0 Å². The lowest BCUT2D eigenvalue weighted by Crippen LogP contribution is -2.05. The summed E-state index contributed by atoms with van der Waals surface area (Å²) in [5.74, 6) is -1.02. The van der Waals surface area contributed by atoms with Crippen LogP contribution in [0.1, 0.15) is 5.56 Å². The molecule has 178 valence electrons. The fourth-order valence-corrected chi connectivity index (χ4v) is 3.72. The van der Waals surface area contributed by atoms with E-state index >= 15 is 0 Å². The Balaban J connectivity index is 1.65. The molecule has 0 saturated heterocycles. The molecule has 1 aromatic heterocycles. The van der Waals surface area contributed by atoms with E-state index in [2.05, 4.69) is 15.0 Å². The number of benzene rings is 4. The number of alkyl halides is 3. The Morgan fingerprint density at radius 1 is 0.472 bits per heavy atom. The first kappa shape index (κ1) is 23.3. The van der Waals surface area contributed by atoms with Gasteiger partial charge < -0.3 is 0 Å². The van der Waals surface area contributed by atoms with Crippen LogP contribution in [0.5, 0.6) is 0 Å². The molecule has 0 N–H and O–H groups in total. The smallest absolute Gasteiger partial charge is 0.208 e. The molecular weight excluding hydrogens is 473 g/mol. The molecule has 0 saturated carbocycles. The van der Waals surface area contributed by atoms with Crippen LogP contribution in [0.2, 0.25) is 0 Å². The Kier molecular flexibility index (Phi) is 6.01. The Morgan fingerprint density at radius 2 is 1.00 bits per heavy atom. The van der Waals surface area contributed by atoms with Gasteiger partial charge in [-0.3, -0.25) is 0 Å². The third-order valence-corrected chi connectivity index (χ3v) is 5.51. The molecule has 3 nitrogen and oxygen atoms in total. The van der Waals surface area contributed by atoms with Gasteiger partial charge in [-0.25, -0.2) is 23.7 Å². The number of rotatable bonds is 4. The molecule has 0 radical (unpaired) electrons. The Hall–Kier alpha value is -4.46. The van der Waals surface area contributed by atoms with Crippen molar-refractivity contribution in [2.45, 2.75) is 6.18 Å². The lowest BCUT2D eigenvalue weighted by molar-refractivity contribution is -0.137. The summed E-state index contributed by atoms with van der Waals surface area (Å²) in [6.07, 6.45) is -4.72. The van der Waals surface area contributed by atoms with E-state index in [4.69, 9.17) is 0 Å². The SMILES string of the molecule is Fc1cc(C(F)(F)F)ccc1-c1cc(-c2nc(-c3ccccc3)nc(-c3ccccc3)n2)ccc1F. The predicted molar refractivity (Wildman–Crippen MR) is 126 cm³/mol. The van der Waals surface area contributed by atoms with Crippen LogP contribution in [-0.4, -0.2) is 15.0 Å². The minimum atomic E-state index is -4.72. The summed E-state index contributed by atoms with van der Waals surface area (Å²) < 4.78 is 68.3. The molecule has 5 rings (SSSR count). The first-order valence-electron chi connectivity index (χ1n) is 10.8. The Bertz CT molecular complexity index is 1480.